The van der Waals surface area contributed by atoms with Gasteiger partial charge in [-0.05, 0) is 47.5 Å². The van der Waals surface area contributed by atoms with E-state index >= 15 is 0 Å². The molecule has 0 atom stereocenters. The first-order valence-corrected chi connectivity index (χ1v) is 10.4. The zero-order valence-corrected chi connectivity index (χ0v) is 19.5. The highest BCUT2D eigenvalue weighted by Crippen LogP contribution is 2.39. The van der Waals surface area contributed by atoms with E-state index < -0.39 is 0 Å². The fraction of sp³-hybridized carbons (Fsp3) is 0.148. The minimum absolute atomic E-state index is 0.131. The molecular weight excluding hydrogens is 434 g/mol. The predicted molar refractivity (Wildman–Crippen MR) is 134 cm³/mol. The highest BCUT2D eigenvalue weighted by molar-refractivity contribution is 6.04. The van der Waals surface area contributed by atoms with Gasteiger partial charge in [0.15, 0.2) is 11.5 Å². The minimum atomic E-state index is -0.338. The number of phenolic OH excluding ortho intramolecular Hbond substituents is 1. The number of anilines is 1. The maximum absolute atomic E-state index is 12.6. The average molecular weight is 462 g/mol. The number of aromatic hydroxyl groups is 1. The number of hydrogen-bond donors (Lipinski definition) is 2. The molecule has 34 heavy (non-hydrogen) atoms. The van der Waals surface area contributed by atoms with Gasteiger partial charge in [-0.3, -0.25) is 4.79 Å². The van der Waals surface area contributed by atoms with Crippen LogP contribution in [0.15, 0.2) is 60.7 Å². The van der Waals surface area contributed by atoms with Crippen LogP contribution in [0.1, 0.15) is 16.7 Å². The molecule has 0 aromatic heterocycles. The number of carbonyl (C=O) groups is 1. The Hall–Kier alpha value is -4.39. The Morgan fingerprint density at radius 1 is 0.765 bits per heavy atom. The molecule has 176 valence electrons. The third-order valence-electron chi connectivity index (χ3n) is 4.97. The van der Waals surface area contributed by atoms with Crippen LogP contribution in [0.5, 0.6) is 28.7 Å². The number of hydrogen-bond acceptors (Lipinski definition) is 6. The van der Waals surface area contributed by atoms with Crippen molar-refractivity contribution < 1.29 is 28.8 Å². The summed E-state index contributed by atoms with van der Waals surface area (Å²) in [7, 11) is 6.21. The molecule has 0 unspecified atom stereocenters. The van der Waals surface area contributed by atoms with Gasteiger partial charge in [0, 0.05) is 11.6 Å². The lowest BCUT2D eigenvalue weighted by Gasteiger charge is -2.13. The molecular formula is C27H27NO6. The van der Waals surface area contributed by atoms with E-state index in [0.717, 1.165) is 11.1 Å². The number of benzene rings is 3. The van der Waals surface area contributed by atoms with Crippen LogP contribution in [-0.4, -0.2) is 39.5 Å². The third kappa shape index (κ3) is 5.89. The van der Waals surface area contributed by atoms with Crippen LogP contribution in [0.4, 0.5) is 5.69 Å². The second-order valence-corrected chi connectivity index (χ2v) is 7.13. The smallest absolute Gasteiger partial charge is 0.248 e. The largest absolute Gasteiger partial charge is 0.508 e. The van der Waals surface area contributed by atoms with Crippen LogP contribution >= 0.6 is 0 Å². The Bertz CT molecular complexity index is 1190. The molecule has 3 rings (SSSR count). The zero-order chi connectivity index (χ0) is 24.5. The number of phenols is 1. The van der Waals surface area contributed by atoms with Gasteiger partial charge < -0.3 is 29.4 Å². The Morgan fingerprint density at radius 3 is 2.06 bits per heavy atom. The molecule has 7 heteroatoms. The zero-order valence-electron chi connectivity index (χ0n) is 19.5. The number of para-hydroxylation sites is 1. The van der Waals surface area contributed by atoms with E-state index in [9.17, 15) is 9.90 Å². The van der Waals surface area contributed by atoms with E-state index in [2.05, 4.69) is 5.32 Å². The maximum Gasteiger partial charge on any atom is 0.248 e. The number of rotatable bonds is 9. The first kappa shape index (κ1) is 24.3. The molecule has 0 radical (unpaired) electrons. The fourth-order valence-electron chi connectivity index (χ4n) is 3.34. The monoisotopic (exact) mass is 461 g/mol. The molecule has 7 nitrogen and oxygen atoms in total. The van der Waals surface area contributed by atoms with Gasteiger partial charge in [-0.1, -0.05) is 36.4 Å². The van der Waals surface area contributed by atoms with Crippen LogP contribution in [0.25, 0.3) is 18.2 Å². The van der Waals surface area contributed by atoms with E-state index in [1.54, 1.807) is 64.8 Å². The van der Waals surface area contributed by atoms with Gasteiger partial charge in [-0.2, -0.15) is 0 Å². The van der Waals surface area contributed by atoms with Crippen molar-refractivity contribution in [3.8, 4) is 28.7 Å². The summed E-state index contributed by atoms with van der Waals surface area (Å²) in [6.45, 7) is 0. The van der Waals surface area contributed by atoms with Crippen molar-refractivity contribution in [1.82, 2.24) is 0 Å². The first-order valence-electron chi connectivity index (χ1n) is 10.4. The van der Waals surface area contributed by atoms with Crippen molar-refractivity contribution in [3.05, 3.63) is 77.4 Å². The Balaban J connectivity index is 1.89. The summed E-state index contributed by atoms with van der Waals surface area (Å²) in [5, 5.41) is 12.5. The minimum Gasteiger partial charge on any atom is -0.508 e. The lowest BCUT2D eigenvalue weighted by atomic mass is 10.1. The van der Waals surface area contributed by atoms with Crippen LogP contribution < -0.4 is 24.3 Å². The van der Waals surface area contributed by atoms with Gasteiger partial charge in [0.2, 0.25) is 11.7 Å². The van der Waals surface area contributed by atoms with E-state index in [1.807, 2.05) is 36.4 Å². The normalized spacial score (nSPS) is 10.9. The molecule has 0 heterocycles. The van der Waals surface area contributed by atoms with Gasteiger partial charge in [0.1, 0.15) is 11.5 Å². The van der Waals surface area contributed by atoms with Crippen molar-refractivity contribution in [3.63, 3.8) is 0 Å². The molecule has 2 N–H and O–H groups in total. The number of carbonyl (C=O) groups excluding carboxylic acids is 1. The number of methoxy groups -OCH3 is 4. The van der Waals surface area contributed by atoms with Gasteiger partial charge in [-0.15, -0.1) is 0 Å². The summed E-state index contributed by atoms with van der Waals surface area (Å²) in [5.74, 6) is 1.90. The molecule has 0 saturated heterocycles. The molecule has 0 aliphatic heterocycles. The van der Waals surface area contributed by atoms with Gasteiger partial charge in [0.05, 0.1) is 34.1 Å². The molecule has 0 fully saturated rings. The third-order valence-corrected chi connectivity index (χ3v) is 4.97. The lowest BCUT2D eigenvalue weighted by Crippen LogP contribution is -2.10. The van der Waals surface area contributed by atoms with Gasteiger partial charge >= 0.3 is 0 Å². The SMILES string of the molecule is COc1cccc(/C=C/c2cc(OC)c(OC)c(OC)c2)c1NC(=O)/C=C/c1cccc(O)c1. The quantitative estimate of drug-likeness (QED) is 0.334. The van der Waals surface area contributed by atoms with Crippen LogP contribution in [0.3, 0.4) is 0 Å². The topological polar surface area (TPSA) is 86.3 Å². The van der Waals surface area contributed by atoms with E-state index in [1.165, 1.54) is 6.08 Å². The summed E-state index contributed by atoms with van der Waals surface area (Å²) >= 11 is 0. The van der Waals surface area contributed by atoms with Crippen LogP contribution in [-0.2, 0) is 4.79 Å². The maximum atomic E-state index is 12.6. The van der Waals surface area contributed by atoms with E-state index in [0.29, 0.717) is 34.2 Å². The summed E-state index contributed by atoms with van der Waals surface area (Å²) in [4.78, 5) is 12.6. The van der Waals surface area contributed by atoms with Crippen molar-refractivity contribution in [1.29, 1.82) is 0 Å². The van der Waals surface area contributed by atoms with E-state index in [-0.39, 0.29) is 11.7 Å². The van der Waals surface area contributed by atoms with Crippen LogP contribution in [0.2, 0.25) is 0 Å². The second kappa shape index (κ2) is 11.5. The fourth-order valence-corrected chi connectivity index (χ4v) is 3.34. The molecule has 0 aliphatic rings. The molecule has 0 spiro atoms. The standard InChI is InChI=1S/C27H27NO6/c1-31-22-10-6-8-20(13-11-19-16-23(32-2)27(34-4)24(17-19)33-3)26(22)28-25(30)14-12-18-7-5-9-21(29)15-18/h5-17,29H,1-4H3,(H,28,30)/b13-11+,14-12+. The summed E-state index contributed by atoms with van der Waals surface area (Å²) < 4.78 is 21.7. The van der Waals surface area contributed by atoms with Crippen molar-refractivity contribution in [2.75, 3.05) is 33.8 Å². The summed E-state index contributed by atoms with van der Waals surface area (Å²) in [6, 6.07) is 15.8. The number of nitrogens with one attached hydrogen (secondary N) is 1. The second-order valence-electron chi connectivity index (χ2n) is 7.13. The summed E-state index contributed by atoms with van der Waals surface area (Å²) in [5.41, 5.74) is 2.79. The van der Waals surface area contributed by atoms with Crippen LogP contribution in [0, 0.1) is 0 Å². The summed E-state index contributed by atoms with van der Waals surface area (Å²) in [6.07, 6.45) is 6.75. The molecule has 0 bridgehead atoms. The van der Waals surface area contributed by atoms with Crippen molar-refractivity contribution >= 4 is 29.8 Å². The number of amides is 1. The molecule has 3 aromatic carbocycles. The van der Waals surface area contributed by atoms with Gasteiger partial charge in [-0.25, -0.2) is 0 Å². The van der Waals surface area contributed by atoms with Crippen molar-refractivity contribution in [2.24, 2.45) is 0 Å². The van der Waals surface area contributed by atoms with E-state index in [4.69, 9.17) is 18.9 Å². The molecule has 0 aliphatic carbocycles. The Morgan fingerprint density at radius 2 is 1.44 bits per heavy atom. The molecule has 1 amide bonds. The highest BCUT2D eigenvalue weighted by atomic mass is 16.5. The Labute approximate surface area is 198 Å². The Kier molecular flexibility index (Phi) is 8.18. The van der Waals surface area contributed by atoms with Gasteiger partial charge in [0.25, 0.3) is 0 Å². The average Bonchev–Trinajstić information content (AvgIpc) is 2.86. The highest BCUT2D eigenvalue weighted by Gasteiger charge is 2.13. The molecule has 3 aromatic rings. The van der Waals surface area contributed by atoms with Crippen molar-refractivity contribution in [2.45, 2.75) is 0 Å². The first-order chi connectivity index (χ1) is 16.5. The lowest BCUT2D eigenvalue weighted by molar-refractivity contribution is -0.111. The number of ether oxygens (including phenoxy) is 4. The molecule has 0 saturated carbocycles. The predicted octanol–water partition coefficient (Wildman–Crippen LogP) is 5.25.